The molecule has 7 nitrogen and oxygen atoms in total. The first-order chi connectivity index (χ1) is 8.73. The molecule has 7 heteroatoms. The van der Waals surface area contributed by atoms with Crippen molar-refractivity contribution in [2.45, 2.75) is 45.2 Å². The van der Waals surface area contributed by atoms with Gasteiger partial charge in [0, 0.05) is 13.1 Å². The van der Waals surface area contributed by atoms with Gasteiger partial charge in [-0.25, -0.2) is 9.59 Å². The first-order valence-corrected chi connectivity index (χ1v) is 6.34. The van der Waals surface area contributed by atoms with Crippen LogP contribution in [-0.4, -0.2) is 57.5 Å². The number of hydrogen-bond donors (Lipinski definition) is 2. The minimum absolute atomic E-state index is 0.250. The van der Waals surface area contributed by atoms with Gasteiger partial charge in [0.25, 0.3) is 0 Å². The number of urea groups is 1. The van der Waals surface area contributed by atoms with Gasteiger partial charge in [0.2, 0.25) is 5.91 Å². The molecule has 108 valence electrons. The Kier molecular flexibility index (Phi) is 4.39. The average Bonchev–Trinajstić information content (AvgIpc) is 2.77. The zero-order valence-corrected chi connectivity index (χ0v) is 11.5. The Morgan fingerprint density at radius 2 is 2.00 bits per heavy atom. The molecule has 3 N–H and O–H groups in total. The van der Waals surface area contributed by atoms with Crippen molar-refractivity contribution in [3.8, 4) is 0 Å². The lowest BCUT2D eigenvalue weighted by Crippen LogP contribution is -2.58. The van der Waals surface area contributed by atoms with Crippen LogP contribution in [-0.2, 0) is 9.59 Å². The number of carbonyl (C=O) groups excluding carboxylic acids is 2. The fourth-order valence-corrected chi connectivity index (χ4v) is 2.33. The number of aliphatic carboxylic acids is 1. The van der Waals surface area contributed by atoms with Crippen LogP contribution in [0.1, 0.15) is 33.6 Å². The van der Waals surface area contributed by atoms with Gasteiger partial charge in [-0.2, -0.15) is 0 Å². The van der Waals surface area contributed by atoms with Gasteiger partial charge in [0.15, 0.2) is 0 Å². The molecule has 3 amide bonds. The Hall–Kier alpha value is -1.79. The summed E-state index contributed by atoms with van der Waals surface area (Å²) in [6.45, 7) is 5.31. The van der Waals surface area contributed by atoms with Gasteiger partial charge < -0.3 is 20.6 Å². The first-order valence-electron chi connectivity index (χ1n) is 6.34. The Balaban J connectivity index is 2.96. The van der Waals surface area contributed by atoms with Crippen LogP contribution in [0.25, 0.3) is 0 Å². The molecule has 0 aromatic carbocycles. The highest BCUT2D eigenvalue weighted by atomic mass is 16.4. The highest BCUT2D eigenvalue weighted by Gasteiger charge is 2.42. The summed E-state index contributed by atoms with van der Waals surface area (Å²) in [5.74, 6) is -1.63. The fraction of sp³-hybridized carbons (Fsp3) is 0.750. The van der Waals surface area contributed by atoms with Crippen molar-refractivity contribution in [1.82, 2.24) is 9.80 Å². The Bertz CT molecular complexity index is 394. The maximum atomic E-state index is 12.4. The van der Waals surface area contributed by atoms with Crippen molar-refractivity contribution in [2.24, 2.45) is 5.73 Å². The second kappa shape index (κ2) is 5.46. The van der Waals surface area contributed by atoms with Crippen molar-refractivity contribution in [1.29, 1.82) is 0 Å². The van der Waals surface area contributed by atoms with Gasteiger partial charge in [-0.1, -0.05) is 0 Å². The van der Waals surface area contributed by atoms with Crippen LogP contribution < -0.4 is 5.73 Å². The highest BCUT2D eigenvalue weighted by molar-refractivity contribution is 5.89. The molecule has 1 aliphatic rings. The van der Waals surface area contributed by atoms with E-state index in [1.54, 1.807) is 6.92 Å². The van der Waals surface area contributed by atoms with E-state index in [1.807, 2.05) is 0 Å². The van der Waals surface area contributed by atoms with E-state index in [-0.39, 0.29) is 6.54 Å². The maximum absolute atomic E-state index is 12.4. The number of nitrogens with zero attached hydrogens (tertiary/aromatic N) is 2. The van der Waals surface area contributed by atoms with Crippen LogP contribution >= 0.6 is 0 Å². The minimum atomic E-state index is -1.32. The van der Waals surface area contributed by atoms with Gasteiger partial charge in [-0.15, -0.1) is 0 Å². The summed E-state index contributed by atoms with van der Waals surface area (Å²) < 4.78 is 0. The maximum Gasteiger partial charge on any atom is 0.329 e. The summed E-state index contributed by atoms with van der Waals surface area (Å²) in [6.07, 6.45) is 1.23. The van der Waals surface area contributed by atoms with Crippen molar-refractivity contribution in [3.63, 3.8) is 0 Å². The molecule has 1 heterocycles. The normalized spacial score (nSPS) is 19.3. The molecule has 19 heavy (non-hydrogen) atoms. The third-order valence-electron chi connectivity index (χ3n) is 3.57. The summed E-state index contributed by atoms with van der Waals surface area (Å²) in [4.78, 5) is 37.6. The predicted molar refractivity (Wildman–Crippen MR) is 68.4 cm³/mol. The van der Waals surface area contributed by atoms with E-state index in [2.05, 4.69) is 0 Å². The van der Waals surface area contributed by atoms with Gasteiger partial charge in [-0.3, -0.25) is 4.79 Å². The quantitative estimate of drug-likeness (QED) is 0.764. The van der Waals surface area contributed by atoms with E-state index in [9.17, 15) is 19.5 Å². The van der Waals surface area contributed by atoms with Crippen LogP contribution in [0.5, 0.6) is 0 Å². The Labute approximate surface area is 112 Å². The summed E-state index contributed by atoms with van der Waals surface area (Å²) in [6, 6.07) is -1.08. The largest absolute Gasteiger partial charge is 0.480 e. The summed E-state index contributed by atoms with van der Waals surface area (Å²) in [5.41, 5.74) is 3.95. The van der Waals surface area contributed by atoms with E-state index in [1.165, 1.54) is 23.6 Å². The van der Waals surface area contributed by atoms with Crippen molar-refractivity contribution in [3.05, 3.63) is 0 Å². The molecule has 1 fully saturated rings. The smallest absolute Gasteiger partial charge is 0.329 e. The molecular weight excluding hydrogens is 250 g/mol. The molecule has 1 saturated heterocycles. The molecule has 1 unspecified atom stereocenters. The lowest BCUT2D eigenvalue weighted by Gasteiger charge is -2.38. The summed E-state index contributed by atoms with van der Waals surface area (Å²) in [5, 5.41) is 9.21. The SMILES string of the molecule is CCN(C(=O)N1CCCC1C(N)=O)C(C)(C)C(=O)O. The van der Waals surface area contributed by atoms with Crippen molar-refractivity contribution < 1.29 is 19.5 Å². The zero-order chi connectivity index (χ0) is 14.8. The average molecular weight is 271 g/mol. The number of amides is 3. The van der Waals surface area contributed by atoms with E-state index in [0.29, 0.717) is 19.4 Å². The number of nitrogens with two attached hydrogens (primary N) is 1. The number of likely N-dealkylation sites (tertiary alicyclic amines) is 1. The highest BCUT2D eigenvalue weighted by Crippen LogP contribution is 2.23. The molecule has 0 radical (unpaired) electrons. The number of likely N-dealkylation sites (N-methyl/N-ethyl adjacent to an activating group) is 1. The lowest BCUT2D eigenvalue weighted by atomic mass is 10.0. The zero-order valence-electron chi connectivity index (χ0n) is 11.5. The molecule has 1 rings (SSSR count). The molecular formula is C12H21N3O4. The Morgan fingerprint density at radius 1 is 1.42 bits per heavy atom. The molecule has 0 saturated carbocycles. The van der Waals surface area contributed by atoms with Crippen LogP contribution in [0.15, 0.2) is 0 Å². The molecule has 0 bridgehead atoms. The summed E-state index contributed by atoms with van der Waals surface area (Å²) in [7, 11) is 0. The van der Waals surface area contributed by atoms with Crippen LogP contribution in [0.2, 0.25) is 0 Å². The lowest BCUT2D eigenvalue weighted by molar-refractivity contribution is -0.147. The van der Waals surface area contributed by atoms with E-state index < -0.39 is 29.5 Å². The third-order valence-corrected chi connectivity index (χ3v) is 3.57. The number of hydrogen-bond acceptors (Lipinski definition) is 3. The molecule has 0 spiro atoms. The second-order valence-electron chi connectivity index (χ2n) is 5.14. The number of carboxylic acid groups (broad SMARTS) is 1. The van der Waals surface area contributed by atoms with E-state index in [4.69, 9.17) is 5.73 Å². The fourth-order valence-electron chi connectivity index (χ4n) is 2.33. The number of primary amides is 1. The van der Waals surface area contributed by atoms with E-state index in [0.717, 1.165) is 0 Å². The van der Waals surface area contributed by atoms with Gasteiger partial charge in [-0.05, 0) is 33.6 Å². The van der Waals surface area contributed by atoms with Crippen LogP contribution in [0.4, 0.5) is 4.79 Å². The third kappa shape index (κ3) is 2.80. The standard InChI is InChI=1S/C12H21N3O4/c1-4-15(12(2,3)10(17)18)11(19)14-7-5-6-8(14)9(13)16/h8H,4-7H2,1-3H3,(H2,13,16)(H,17,18). The second-order valence-corrected chi connectivity index (χ2v) is 5.14. The van der Waals surface area contributed by atoms with Crippen LogP contribution in [0, 0.1) is 0 Å². The molecule has 1 atom stereocenters. The minimum Gasteiger partial charge on any atom is -0.480 e. The molecule has 0 aromatic heterocycles. The summed E-state index contributed by atoms with van der Waals surface area (Å²) >= 11 is 0. The monoisotopic (exact) mass is 271 g/mol. The Morgan fingerprint density at radius 3 is 2.42 bits per heavy atom. The topological polar surface area (TPSA) is 104 Å². The number of carbonyl (C=O) groups is 3. The van der Waals surface area contributed by atoms with Gasteiger partial charge in [0.1, 0.15) is 11.6 Å². The molecule has 1 aliphatic heterocycles. The predicted octanol–water partition coefficient (Wildman–Crippen LogP) is 0.241. The molecule has 0 aromatic rings. The van der Waals surface area contributed by atoms with Gasteiger partial charge >= 0.3 is 12.0 Å². The van der Waals surface area contributed by atoms with E-state index >= 15 is 0 Å². The van der Waals surface area contributed by atoms with Gasteiger partial charge in [0.05, 0.1) is 0 Å². The number of rotatable bonds is 4. The molecule has 0 aliphatic carbocycles. The van der Waals surface area contributed by atoms with Crippen LogP contribution in [0.3, 0.4) is 0 Å². The number of carboxylic acids is 1. The first kappa shape index (κ1) is 15.3. The van der Waals surface area contributed by atoms with Crippen molar-refractivity contribution >= 4 is 17.9 Å². The van der Waals surface area contributed by atoms with Crippen molar-refractivity contribution in [2.75, 3.05) is 13.1 Å².